The number of guanidine groups is 1. The van der Waals surface area contributed by atoms with Gasteiger partial charge in [-0.2, -0.15) is 0 Å². The first-order chi connectivity index (χ1) is 14.7. The van der Waals surface area contributed by atoms with Crippen LogP contribution >= 0.6 is 24.0 Å². The Morgan fingerprint density at radius 1 is 1.13 bits per heavy atom. The molecular formula is C23H31IN4O3. The van der Waals surface area contributed by atoms with Crippen LogP contribution in [0.5, 0.6) is 5.75 Å². The number of carbonyl (C=O) groups excluding carboxylic acids is 1. The normalized spacial score (nSPS) is 16.6. The van der Waals surface area contributed by atoms with Gasteiger partial charge in [0.25, 0.3) is 5.91 Å². The van der Waals surface area contributed by atoms with E-state index >= 15 is 0 Å². The number of hydrogen-bond acceptors (Lipinski definition) is 4. The molecule has 1 saturated carbocycles. The van der Waals surface area contributed by atoms with E-state index in [-0.39, 0.29) is 29.9 Å². The molecule has 1 N–H and O–H groups in total. The number of piperazine rings is 1. The van der Waals surface area contributed by atoms with Gasteiger partial charge in [-0.1, -0.05) is 18.2 Å². The largest absolute Gasteiger partial charge is 0.493 e. The molecule has 168 valence electrons. The van der Waals surface area contributed by atoms with E-state index in [1.807, 2.05) is 23.1 Å². The van der Waals surface area contributed by atoms with Crippen molar-refractivity contribution in [2.24, 2.45) is 10.9 Å². The summed E-state index contributed by atoms with van der Waals surface area (Å²) in [4.78, 5) is 21.4. The Hall–Kier alpha value is -2.23. The number of halogens is 1. The van der Waals surface area contributed by atoms with Gasteiger partial charge in [-0.05, 0) is 43.9 Å². The topological polar surface area (TPSA) is 70.3 Å². The molecule has 2 fully saturated rings. The Morgan fingerprint density at radius 2 is 1.87 bits per heavy atom. The molecule has 31 heavy (non-hydrogen) atoms. The van der Waals surface area contributed by atoms with Crippen LogP contribution in [-0.2, 0) is 6.54 Å². The average Bonchev–Trinajstić information content (AvgIpc) is 3.46. The summed E-state index contributed by atoms with van der Waals surface area (Å²) in [6, 6.07) is 11.6. The van der Waals surface area contributed by atoms with Gasteiger partial charge in [0.1, 0.15) is 5.75 Å². The molecule has 2 aliphatic rings. The predicted octanol–water partition coefficient (Wildman–Crippen LogP) is 3.61. The zero-order valence-electron chi connectivity index (χ0n) is 18.0. The Labute approximate surface area is 200 Å². The Balaban J connectivity index is 0.00000272. The van der Waals surface area contributed by atoms with Crippen molar-refractivity contribution in [3.8, 4) is 5.75 Å². The minimum atomic E-state index is -0.0525. The molecular weight excluding hydrogens is 507 g/mol. The number of rotatable bonds is 7. The highest BCUT2D eigenvalue weighted by Crippen LogP contribution is 2.30. The molecule has 1 aliphatic carbocycles. The molecule has 1 amide bonds. The highest BCUT2D eigenvalue weighted by Gasteiger charge is 2.25. The number of furan rings is 1. The van der Waals surface area contributed by atoms with E-state index in [4.69, 9.17) is 14.1 Å². The molecule has 1 saturated heterocycles. The lowest BCUT2D eigenvalue weighted by Gasteiger charge is -2.36. The molecule has 1 aromatic heterocycles. The number of aliphatic imine (C=N–C) groups is 1. The molecule has 1 aliphatic heterocycles. The maximum Gasteiger partial charge on any atom is 0.289 e. The van der Waals surface area contributed by atoms with E-state index in [9.17, 15) is 4.79 Å². The highest BCUT2D eigenvalue weighted by atomic mass is 127. The quantitative estimate of drug-likeness (QED) is 0.332. The first-order valence-electron chi connectivity index (χ1n) is 10.8. The zero-order chi connectivity index (χ0) is 20.8. The van der Waals surface area contributed by atoms with Gasteiger partial charge < -0.3 is 24.3 Å². The van der Waals surface area contributed by atoms with E-state index in [0.29, 0.717) is 25.4 Å². The lowest BCUT2D eigenvalue weighted by molar-refractivity contribution is 0.0657. The second kappa shape index (κ2) is 11.4. The maximum atomic E-state index is 12.5. The minimum absolute atomic E-state index is 0. The number of para-hydroxylation sites is 1. The van der Waals surface area contributed by atoms with Crippen molar-refractivity contribution in [1.29, 1.82) is 0 Å². The monoisotopic (exact) mass is 538 g/mol. The van der Waals surface area contributed by atoms with Crippen molar-refractivity contribution < 1.29 is 13.9 Å². The standard InChI is InChI=1S/C23H30N4O3.HI/c1-2-24-23(25-16-19-6-3-4-7-20(19)30-17-18-9-10-18)27-13-11-26(12-14-27)22(28)21-8-5-15-29-21;/h3-8,15,18H,2,9-14,16-17H2,1H3,(H,24,25);1H. The number of hydrogen-bond donors (Lipinski definition) is 1. The number of nitrogens with one attached hydrogen (secondary N) is 1. The molecule has 0 bridgehead atoms. The van der Waals surface area contributed by atoms with Crippen LogP contribution in [0.15, 0.2) is 52.1 Å². The summed E-state index contributed by atoms with van der Waals surface area (Å²) in [7, 11) is 0. The van der Waals surface area contributed by atoms with Crippen LogP contribution in [0.1, 0.15) is 35.9 Å². The summed E-state index contributed by atoms with van der Waals surface area (Å²) in [6.07, 6.45) is 4.09. The van der Waals surface area contributed by atoms with Crippen LogP contribution in [0.25, 0.3) is 0 Å². The van der Waals surface area contributed by atoms with Crippen LogP contribution in [0.2, 0.25) is 0 Å². The van der Waals surface area contributed by atoms with E-state index in [0.717, 1.165) is 49.4 Å². The first kappa shape index (κ1) is 23.4. The van der Waals surface area contributed by atoms with Crippen LogP contribution in [0, 0.1) is 5.92 Å². The fraction of sp³-hybridized carbons (Fsp3) is 0.478. The third kappa shape index (κ3) is 6.38. The lowest BCUT2D eigenvalue weighted by Crippen LogP contribution is -2.53. The summed E-state index contributed by atoms with van der Waals surface area (Å²) >= 11 is 0. The van der Waals surface area contributed by atoms with Crippen molar-refractivity contribution in [2.45, 2.75) is 26.3 Å². The molecule has 1 aromatic carbocycles. The van der Waals surface area contributed by atoms with Gasteiger partial charge in [0.15, 0.2) is 11.7 Å². The fourth-order valence-electron chi connectivity index (χ4n) is 3.53. The zero-order valence-corrected chi connectivity index (χ0v) is 20.3. The molecule has 8 heteroatoms. The number of nitrogens with zero attached hydrogens (tertiary/aromatic N) is 3. The highest BCUT2D eigenvalue weighted by molar-refractivity contribution is 14.0. The van der Waals surface area contributed by atoms with Gasteiger partial charge in [-0.15, -0.1) is 24.0 Å². The summed E-state index contributed by atoms with van der Waals surface area (Å²) in [5.74, 6) is 2.87. The van der Waals surface area contributed by atoms with Gasteiger partial charge in [0.05, 0.1) is 19.4 Å². The molecule has 0 radical (unpaired) electrons. The number of ether oxygens (including phenoxy) is 1. The molecule has 0 spiro atoms. The molecule has 2 heterocycles. The Kier molecular flexibility index (Phi) is 8.62. The number of carbonyl (C=O) groups is 1. The first-order valence-corrected chi connectivity index (χ1v) is 10.8. The van der Waals surface area contributed by atoms with Gasteiger partial charge in [-0.3, -0.25) is 4.79 Å². The Bertz CT molecular complexity index is 859. The van der Waals surface area contributed by atoms with Crippen LogP contribution in [0.4, 0.5) is 0 Å². The third-order valence-corrected chi connectivity index (χ3v) is 5.48. The minimum Gasteiger partial charge on any atom is -0.493 e. The van der Waals surface area contributed by atoms with Crippen LogP contribution in [0.3, 0.4) is 0 Å². The summed E-state index contributed by atoms with van der Waals surface area (Å²) < 4.78 is 11.3. The number of benzene rings is 1. The van der Waals surface area contributed by atoms with E-state index in [1.165, 1.54) is 19.1 Å². The van der Waals surface area contributed by atoms with Crippen molar-refractivity contribution in [3.63, 3.8) is 0 Å². The van der Waals surface area contributed by atoms with Crippen molar-refractivity contribution in [3.05, 3.63) is 54.0 Å². The van der Waals surface area contributed by atoms with Gasteiger partial charge in [-0.25, -0.2) is 4.99 Å². The second-order valence-corrected chi connectivity index (χ2v) is 7.79. The molecule has 4 rings (SSSR count). The summed E-state index contributed by atoms with van der Waals surface area (Å²) in [5, 5.41) is 3.39. The summed E-state index contributed by atoms with van der Waals surface area (Å²) in [5.41, 5.74) is 1.10. The predicted molar refractivity (Wildman–Crippen MR) is 131 cm³/mol. The van der Waals surface area contributed by atoms with Crippen LogP contribution in [-0.4, -0.2) is 61.0 Å². The third-order valence-electron chi connectivity index (χ3n) is 5.48. The fourth-order valence-corrected chi connectivity index (χ4v) is 3.53. The SMILES string of the molecule is CCNC(=NCc1ccccc1OCC1CC1)N1CCN(C(=O)c2ccco2)CC1.I. The van der Waals surface area contributed by atoms with Gasteiger partial charge in [0.2, 0.25) is 0 Å². The molecule has 0 atom stereocenters. The van der Waals surface area contributed by atoms with E-state index in [1.54, 1.807) is 12.1 Å². The van der Waals surface area contributed by atoms with Crippen molar-refractivity contribution >= 4 is 35.8 Å². The number of amides is 1. The molecule has 7 nitrogen and oxygen atoms in total. The van der Waals surface area contributed by atoms with Gasteiger partial charge in [0, 0.05) is 38.3 Å². The van der Waals surface area contributed by atoms with E-state index in [2.05, 4.69) is 23.2 Å². The van der Waals surface area contributed by atoms with E-state index < -0.39 is 0 Å². The van der Waals surface area contributed by atoms with Crippen LogP contribution < -0.4 is 10.1 Å². The Morgan fingerprint density at radius 3 is 2.55 bits per heavy atom. The van der Waals surface area contributed by atoms with Crippen molar-refractivity contribution in [1.82, 2.24) is 15.1 Å². The van der Waals surface area contributed by atoms with Gasteiger partial charge >= 0.3 is 0 Å². The molecule has 0 unspecified atom stereocenters. The average molecular weight is 538 g/mol. The second-order valence-electron chi connectivity index (χ2n) is 7.79. The smallest absolute Gasteiger partial charge is 0.289 e. The maximum absolute atomic E-state index is 12.5. The lowest BCUT2D eigenvalue weighted by atomic mass is 10.2. The summed E-state index contributed by atoms with van der Waals surface area (Å²) in [6.45, 7) is 6.98. The molecule has 2 aromatic rings. The van der Waals surface area contributed by atoms with Crippen molar-refractivity contribution in [2.75, 3.05) is 39.3 Å².